The van der Waals surface area contributed by atoms with Gasteiger partial charge >= 0.3 is 6.18 Å². The molecule has 2 rings (SSSR count). The summed E-state index contributed by atoms with van der Waals surface area (Å²) in [5, 5.41) is 3.44. The minimum atomic E-state index is -4.35. The summed E-state index contributed by atoms with van der Waals surface area (Å²) in [6, 6.07) is 0. The van der Waals surface area contributed by atoms with Crippen LogP contribution in [0.25, 0.3) is 0 Å². The highest BCUT2D eigenvalue weighted by Gasteiger charge is 2.42. The Labute approximate surface area is 127 Å². The summed E-state index contributed by atoms with van der Waals surface area (Å²) in [5.74, 6) is 0.374. The van der Waals surface area contributed by atoms with Crippen molar-refractivity contribution in [1.29, 1.82) is 0 Å². The van der Waals surface area contributed by atoms with E-state index in [-0.39, 0.29) is 11.7 Å². The van der Waals surface area contributed by atoms with Gasteiger partial charge in [-0.3, -0.25) is 0 Å². The smallest absolute Gasteiger partial charge is 0.368 e. The van der Waals surface area contributed by atoms with Gasteiger partial charge in [0.1, 0.15) is 12.0 Å². The Kier molecular flexibility index (Phi) is 5.11. The number of hydrogen-bond donors (Lipinski definition) is 0. The fourth-order valence-electron chi connectivity index (χ4n) is 2.81. The first-order chi connectivity index (χ1) is 10.2. The maximum Gasteiger partial charge on any atom is 0.396 e. The number of alkyl halides is 3. The summed E-state index contributed by atoms with van der Waals surface area (Å²) in [5.41, 5.74) is -0.773. The summed E-state index contributed by atoms with van der Waals surface area (Å²) >= 11 is 0. The summed E-state index contributed by atoms with van der Waals surface area (Å²) < 4.78 is 47.8. The molecular weight excluding hydrogens is 299 g/mol. The van der Waals surface area contributed by atoms with Crippen LogP contribution in [0.1, 0.15) is 38.4 Å². The third-order valence-corrected chi connectivity index (χ3v) is 3.89. The lowest BCUT2D eigenvalue weighted by molar-refractivity contribution is -0.128. The van der Waals surface area contributed by atoms with Gasteiger partial charge in [-0.15, -0.1) is 0 Å². The van der Waals surface area contributed by atoms with E-state index in [0.29, 0.717) is 18.8 Å². The van der Waals surface area contributed by atoms with Crippen LogP contribution >= 0.6 is 0 Å². The van der Waals surface area contributed by atoms with Gasteiger partial charge in [0, 0.05) is 26.7 Å². The van der Waals surface area contributed by atoms with Gasteiger partial charge in [0.15, 0.2) is 5.82 Å². The van der Waals surface area contributed by atoms with Gasteiger partial charge in [-0.25, -0.2) is 0 Å². The second-order valence-electron chi connectivity index (χ2n) is 6.20. The topological polar surface area (TPSA) is 51.4 Å². The summed E-state index contributed by atoms with van der Waals surface area (Å²) in [7, 11) is 1.53. The molecule has 0 aromatic carbocycles. The fourth-order valence-corrected chi connectivity index (χ4v) is 2.81. The van der Waals surface area contributed by atoms with Gasteiger partial charge in [-0.05, 0) is 18.8 Å². The van der Waals surface area contributed by atoms with Crippen molar-refractivity contribution >= 4 is 0 Å². The van der Waals surface area contributed by atoms with Crippen LogP contribution in [0.3, 0.4) is 0 Å². The predicted molar refractivity (Wildman–Crippen MR) is 73.3 cm³/mol. The van der Waals surface area contributed by atoms with Crippen molar-refractivity contribution in [2.24, 2.45) is 5.92 Å². The molecule has 22 heavy (non-hydrogen) atoms. The minimum Gasteiger partial charge on any atom is -0.368 e. The molecule has 0 spiro atoms. The molecule has 0 atom stereocenters. The van der Waals surface area contributed by atoms with E-state index >= 15 is 0 Å². The number of likely N-dealkylation sites (tertiary alicyclic amines) is 1. The molecule has 8 heteroatoms. The normalized spacial score (nSPS) is 19.8. The molecule has 0 radical (unpaired) electrons. The molecule has 0 N–H and O–H groups in total. The first kappa shape index (κ1) is 17.2. The molecule has 1 saturated heterocycles. The lowest BCUT2D eigenvalue weighted by atomic mass is 9.90. The first-order valence-corrected chi connectivity index (χ1v) is 7.41. The van der Waals surface area contributed by atoms with Crippen LogP contribution in [-0.2, 0) is 16.8 Å². The molecule has 0 unspecified atom stereocenters. The quantitative estimate of drug-likeness (QED) is 0.835. The molecule has 0 aliphatic carbocycles. The molecule has 0 amide bonds. The minimum absolute atomic E-state index is 0.151. The van der Waals surface area contributed by atoms with E-state index in [9.17, 15) is 13.2 Å². The second-order valence-corrected chi connectivity index (χ2v) is 6.20. The third-order valence-electron chi connectivity index (χ3n) is 3.89. The van der Waals surface area contributed by atoms with Crippen molar-refractivity contribution < 1.29 is 22.4 Å². The van der Waals surface area contributed by atoms with Crippen molar-refractivity contribution in [2.45, 2.75) is 44.9 Å². The van der Waals surface area contributed by atoms with Crippen molar-refractivity contribution in [1.82, 2.24) is 15.0 Å². The van der Waals surface area contributed by atoms with Crippen LogP contribution in [0, 0.1) is 5.92 Å². The monoisotopic (exact) mass is 321 g/mol. The molecule has 1 aromatic heterocycles. The third kappa shape index (κ3) is 4.19. The van der Waals surface area contributed by atoms with Crippen LogP contribution in [0.4, 0.5) is 13.2 Å². The largest absolute Gasteiger partial charge is 0.396 e. The maximum absolute atomic E-state index is 12.4. The van der Waals surface area contributed by atoms with Gasteiger partial charge in [0.05, 0.1) is 0 Å². The standard InChI is InChI=1S/C14H22F3N3O2/c1-10(2)9-20-6-4-13(21-3,5-7-20)12-18-11(19-22-12)8-14(15,16)17/h10H,4-9H2,1-3H3. The zero-order valence-corrected chi connectivity index (χ0v) is 13.1. The molecule has 1 aliphatic heterocycles. The number of nitrogens with zero attached hydrogens (tertiary/aromatic N) is 3. The molecular formula is C14H22F3N3O2. The Bertz CT molecular complexity index is 480. The second kappa shape index (κ2) is 6.54. The van der Waals surface area contributed by atoms with Gasteiger partial charge < -0.3 is 14.2 Å². The highest BCUT2D eigenvalue weighted by molar-refractivity contribution is 5.03. The molecule has 0 saturated carbocycles. The zero-order valence-electron chi connectivity index (χ0n) is 13.1. The van der Waals surface area contributed by atoms with Gasteiger partial charge in [-0.1, -0.05) is 19.0 Å². The van der Waals surface area contributed by atoms with Crippen LogP contribution in [0.5, 0.6) is 0 Å². The van der Waals surface area contributed by atoms with Gasteiger partial charge in [0.2, 0.25) is 0 Å². The maximum atomic E-state index is 12.4. The lowest BCUT2D eigenvalue weighted by Crippen LogP contribution is -2.45. The van der Waals surface area contributed by atoms with Crippen molar-refractivity contribution in [3.8, 4) is 0 Å². The SMILES string of the molecule is COC1(c2nc(CC(F)(F)F)no2)CCN(CC(C)C)CC1. The number of halogens is 3. The van der Waals surface area contributed by atoms with E-state index in [0.717, 1.165) is 19.6 Å². The Hall–Kier alpha value is -1.15. The predicted octanol–water partition coefficient (Wildman–Crippen LogP) is 2.77. The number of aromatic nitrogens is 2. The van der Waals surface area contributed by atoms with Gasteiger partial charge in [-0.2, -0.15) is 18.2 Å². The number of rotatable bonds is 5. The number of ether oxygens (including phenoxy) is 1. The van der Waals surface area contributed by atoms with Crippen molar-refractivity contribution in [2.75, 3.05) is 26.7 Å². The van der Waals surface area contributed by atoms with E-state index in [2.05, 4.69) is 28.9 Å². The van der Waals surface area contributed by atoms with Crippen LogP contribution < -0.4 is 0 Å². The van der Waals surface area contributed by atoms with Crippen LogP contribution in [0.2, 0.25) is 0 Å². The van der Waals surface area contributed by atoms with E-state index in [1.165, 1.54) is 7.11 Å². The molecule has 5 nitrogen and oxygen atoms in total. The van der Waals surface area contributed by atoms with E-state index < -0.39 is 18.2 Å². The molecule has 1 fully saturated rings. The number of piperidine rings is 1. The van der Waals surface area contributed by atoms with Crippen LogP contribution in [-0.4, -0.2) is 48.0 Å². The highest BCUT2D eigenvalue weighted by Crippen LogP contribution is 2.35. The van der Waals surface area contributed by atoms with E-state index in [1.807, 2.05) is 0 Å². The Balaban J connectivity index is 2.06. The van der Waals surface area contributed by atoms with Gasteiger partial charge in [0.25, 0.3) is 5.89 Å². The first-order valence-electron chi connectivity index (χ1n) is 7.41. The molecule has 1 aliphatic rings. The number of methoxy groups -OCH3 is 1. The lowest BCUT2D eigenvalue weighted by Gasteiger charge is -2.38. The Morgan fingerprint density at radius 1 is 1.32 bits per heavy atom. The summed E-state index contributed by atoms with van der Waals surface area (Å²) in [6.07, 6.45) is -4.27. The average Bonchev–Trinajstić information content (AvgIpc) is 2.86. The Morgan fingerprint density at radius 2 is 1.95 bits per heavy atom. The number of hydrogen-bond acceptors (Lipinski definition) is 5. The highest BCUT2D eigenvalue weighted by atomic mass is 19.4. The van der Waals surface area contributed by atoms with E-state index in [4.69, 9.17) is 9.26 Å². The fraction of sp³-hybridized carbons (Fsp3) is 0.857. The Morgan fingerprint density at radius 3 is 2.45 bits per heavy atom. The molecule has 0 bridgehead atoms. The summed E-state index contributed by atoms with van der Waals surface area (Å²) in [6.45, 7) is 6.88. The molecule has 2 heterocycles. The molecule has 1 aromatic rings. The van der Waals surface area contributed by atoms with Crippen LogP contribution in [0.15, 0.2) is 4.52 Å². The van der Waals surface area contributed by atoms with Crippen molar-refractivity contribution in [3.63, 3.8) is 0 Å². The van der Waals surface area contributed by atoms with Crippen molar-refractivity contribution in [3.05, 3.63) is 11.7 Å². The zero-order chi connectivity index (χ0) is 16.4. The molecule has 126 valence electrons. The average molecular weight is 321 g/mol. The summed E-state index contributed by atoms with van der Waals surface area (Å²) in [4.78, 5) is 6.22. The van der Waals surface area contributed by atoms with E-state index in [1.54, 1.807) is 0 Å².